The fourth-order valence-electron chi connectivity index (χ4n) is 4.24. The molecule has 0 radical (unpaired) electrons. The van der Waals surface area contributed by atoms with Crippen molar-refractivity contribution < 1.29 is 4.79 Å². The molecule has 132 valence electrons. The van der Waals surface area contributed by atoms with Crippen molar-refractivity contribution in [2.75, 3.05) is 13.1 Å². The topological polar surface area (TPSA) is 32.3 Å². The van der Waals surface area contributed by atoms with E-state index in [1.54, 1.807) is 11.3 Å². The van der Waals surface area contributed by atoms with Crippen LogP contribution in [0.3, 0.4) is 0 Å². The first-order valence-corrected chi connectivity index (χ1v) is 10.3. The predicted molar refractivity (Wildman–Crippen MR) is 103 cm³/mol. The molecule has 0 unspecified atom stereocenters. The van der Waals surface area contributed by atoms with Crippen molar-refractivity contribution in [1.29, 1.82) is 0 Å². The van der Waals surface area contributed by atoms with E-state index in [-0.39, 0.29) is 5.91 Å². The van der Waals surface area contributed by atoms with Crippen LogP contribution < -0.4 is 5.32 Å². The van der Waals surface area contributed by atoms with E-state index in [9.17, 15) is 4.79 Å². The predicted octanol–water partition coefficient (Wildman–Crippen LogP) is 3.43. The van der Waals surface area contributed by atoms with Crippen LogP contribution in [0.2, 0.25) is 0 Å². The molecule has 1 N–H and O–H groups in total. The number of thiophene rings is 1. The van der Waals surface area contributed by atoms with E-state index in [4.69, 9.17) is 0 Å². The van der Waals surface area contributed by atoms with Gasteiger partial charge in [-0.25, -0.2) is 0 Å². The van der Waals surface area contributed by atoms with Crippen molar-refractivity contribution in [1.82, 2.24) is 10.2 Å². The van der Waals surface area contributed by atoms with E-state index in [2.05, 4.69) is 52.0 Å². The molecule has 1 aliphatic heterocycles. The van der Waals surface area contributed by atoms with Gasteiger partial charge in [-0.1, -0.05) is 30.3 Å². The number of nitrogens with zero attached hydrogens (tertiary/aromatic N) is 1. The van der Waals surface area contributed by atoms with Crippen LogP contribution in [-0.2, 0) is 24.1 Å². The number of hydrogen-bond donors (Lipinski definition) is 1. The quantitative estimate of drug-likeness (QED) is 0.892. The lowest BCUT2D eigenvalue weighted by Crippen LogP contribution is -2.51. The fourth-order valence-corrected chi connectivity index (χ4v) is 4.95. The standard InChI is InChI=1S/C21H26N2OS/c24-21(10-9-20-8-4-12-25-20)22-18-7-3-11-23(15-18)19-13-16-5-1-2-6-17(16)14-19/h1-2,4-6,8,12,18-19H,3,7,9-11,13-15H2,(H,22,24)/t18-/m0/s1. The monoisotopic (exact) mass is 354 g/mol. The highest BCUT2D eigenvalue weighted by molar-refractivity contribution is 7.09. The maximum Gasteiger partial charge on any atom is 0.220 e. The first-order chi connectivity index (χ1) is 12.3. The highest BCUT2D eigenvalue weighted by Crippen LogP contribution is 2.27. The van der Waals surface area contributed by atoms with Crippen molar-refractivity contribution in [3.8, 4) is 0 Å². The van der Waals surface area contributed by atoms with Crippen molar-refractivity contribution in [3.05, 3.63) is 57.8 Å². The molecule has 1 saturated heterocycles. The van der Waals surface area contributed by atoms with Crippen LogP contribution in [0.25, 0.3) is 0 Å². The van der Waals surface area contributed by atoms with Crippen LogP contribution in [0.1, 0.15) is 35.3 Å². The Morgan fingerprint density at radius 2 is 1.96 bits per heavy atom. The minimum Gasteiger partial charge on any atom is -0.352 e. The van der Waals surface area contributed by atoms with Crippen LogP contribution in [0.15, 0.2) is 41.8 Å². The average Bonchev–Trinajstić information content (AvgIpc) is 3.29. The first-order valence-electron chi connectivity index (χ1n) is 9.40. The lowest BCUT2D eigenvalue weighted by atomic mass is 10.0. The molecule has 1 fully saturated rings. The molecule has 0 bridgehead atoms. The number of nitrogens with one attached hydrogen (secondary N) is 1. The Morgan fingerprint density at radius 3 is 2.68 bits per heavy atom. The highest BCUT2D eigenvalue weighted by atomic mass is 32.1. The molecule has 1 aliphatic carbocycles. The zero-order valence-corrected chi connectivity index (χ0v) is 15.4. The Morgan fingerprint density at radius 1 is 1.16 bits per heavy atom. The number of likely N-dealkylation sites (tertiary alicyclic amines) is 1. The Balaban J connectivity index is 1.27. The number of amides is 1. The van der Waals surface area contributed by atoms with Crippen LogP contribution in [0, 0.1) is 0 Å². The van der Waals surface area contributed by atoms with Gasteiger partial charge in [0.1, 0.15) is 0 Å². The van der Waals surface area contributed by atoms with Gasteiger partial charge in [-0.15, -0.1) is 11.3 Å². The molecule has 1 aromatic heterocycles. The van der Waals surface area contributed by atoms with E-state index in [1.165, 1.54) is 29.0 Å². The summed E-state index contributed by atoms with van der Waals surface area (Å²) in [5.74, 6) is 0.204. The Hall–Kier alpha value is -1.65. The first kappa shape index (κ1) is 16.8. The third-order valence-corrected chi connectivity index (χ3v) is 6.48. The second-order valence-electron chi connectivity index (χ2n) is 7.31. The third kappa shape index (κ3) is 4.13. The SMILES string of the molecule is O=C(CCc1cccs1)N[C@H]1CCCN(C2Cc3ccccc3C2)C1. The smallest absolute Gasteiger partial charge is 0.220 e. The number of benzene rings is 1. The van der Waals surface area contributed by atoms with Crippen LogP contribution in [-0.4, -0.2) is 36.0 Å². The van der Waals surface area contributed by atoms with Gasteiger partial charge >= 0.3 is 0 Å². The molecule has 1 atom stereocenters. The number of aryl methyl sites for hydroxylation is 1. The molecule has 2 aromatic rings. The summed E-state index contributed by atoms with van der Waals surface area (Å²) in [6.07, 6.45) is 6.08. The van der Waals surface area contributed by atoms with E-state index < -0.39 is 0 Å². The number of carbonyl (C=O) groups excluding carboxylic acids is 1. The Bertz CT molecular complexity index is 687. The van der Waals surface area contributed by atoms with E-state index in [0.29, 0.717) is 18.5 Å². The molecule has 0 spiro atoms. The number of fused-ring (bicyclic) bond motifs is 1. The van der Waals surface area contributed by atoms with Crippen molar-refractivity contribution in [2.45, 2.75) is 50.6 Å². The molecule has 1 amide bonds. The number of piperidine rings is 1. The van der Waals surface area contributed by atoms with Gasteiger partial charge in [0.25, 0.3) is 0 Å². The second kappa shape index (κ2) is 7.71. The van der Waals surface area contributed by atoms with Gasteiger partial charge in [-0.2, -0.15) is 0 Å². The van der Waals surface area contributed by atoms with Gasteiger partial charge < -0.3 is 5.32 Å². The van der Waals surface area contributed by atoms with Gasteiger partial charge in [0.2, 0.25) is 5.91 Å². The van der Waals surface area contributed by atoms with Crippen molar-refractivity contribution in [3.63, 3.8) is 0 Å². The van der Waals surface area contributed by atoms with Gasteiger partial charge in [0.05, 0.1) is 0 Å². The molecule has 3 nitrogen and oxygen atoms in total. The lowest BCUT2D eigenvalue weighted by Gasteiger charge is -2.37. The largest absolute Gasteiger partial charge is 0.352 e. The average molecular weight is 355 g/mol. The molecular formula is C21H26N2OS. The van der Waals surface area contributed by atoms with Gasteiger partial charge in [-0.3, -0.25) is 9.69 Å². The number of rotatable bonds is 5. The van der Waals surface area contributed by atoms with E-state index in [1.807, 2.05) is 0 Å². The maximum absolute atomic E-state index is 12.3. The molecule has 2 heterocycles. The van der Waals surface area contributed by atoms with Crippen LogP contribution in [0.5, 0.6) is 0 Å². The Kier molecular flexibility index (Phi) is 5.18. The summed E-state index contributed by atoms with van der Waals surface area (Å²) in [4.78, 5) is 16.2. The number of carbonyl (C=O) groups is 1. The van der Waals surface area contributed by atoms with E-state index >= 15 is 0 Å². The molecule has 1 aromatic carbocycles. The number of hydrogen-bond acceptors (Lipinski definition) is 3. The fraction of sp³-hybridized carbons (Fsp3) is 0.476. The molecular weight excluding hydrogens is 328 g/mol. The minimum absolute atomic E-state index is 0.204. The van der Waals surface area contributed by atoms with Crippen molar-refractivity contribution in [2.24, 2.45) is 0 Å². The summed E-state index contributed by atoms with van der Waals surface area (Å²) >= 11 is 1.73. The molecule has 4 rings (SSSR count). The van der Waals surface area contributed by atoms with E-state index in [0.717, 1.165) is 32.2 Å². The minimum atomic E-state index is 0.204. The van der Waals surface area contributed by atoms with Gasteiger partial charge in [-0.05, 0) is 61.2 Å². The van der Waals surface area contributed by atoms with Crippen LogP contribution >= 0.6 is 11.3 Å². The third-order valence-electron chi connectivity index (χ3n) is 5.54. The molecule has 0 saturated carbocycles. The normalized spacial score (nSPS) is 21.2. The highest BCUT2D eigenvalue weighted by Gasteiger charge is 2.30. The zero-order valence-electron chi connectivity index (χ0n) is 14.6. The molecule has 4 heteroatoms. The summed E-state index contributed by atoms with van der Waals surface area (Å²) in [5, 5.41) is 5.36. The maximum atomic E-state index is 12.3. The van der Waals surface area contributed by atoms with Gasteiger partial charge in [0, 0.05) is 29.9 Å². The molecule has 2 aliphatic rings. The summed E-state index contributed by atoms with van der Waals surface area (Å²) in [5.41, 5.74) is 3.02. The summed E-state index contributed by atoms with van der Waals surface area (Å²) in [7, 11) is 0. The second-order valence-corrected chi connectivity index (χ2v) is 8.34. The summed E-state index contributed by atoms with van der Waals surface area (Å²) in [6.45, 7) is 2.17. The summed E-state index contributed by atoms with van der Waals surface area (Å²) < 4.78 is 0. The van der Waals surface area contributed by atoms with Crippen LogP contribution in [0.4, 0.5) is 0 Å². The lowest BCUT2D eigenvalue weighted by molar-refractivity contribution is -0.122. The van der Waals surface area contributed by atoms with Crippen molar-refractivity contribution >= 4 is 17.2 Å². The summed E-state index contributed by atoms with van der Waals surface area (Å²) in [6, 6.07) is 13.9. The molecule has 25 heavy (non-hydrogen) atoms. The Labute approximate surface area is 154 Å². The van der Waals surface area contributed by atoms with Gasteiger partial charge in [0.15, 0.2) is 0 Å². The zero-order chi connectivity index (χ0) is 17.1.